The molecular formula is C17H17NO3. The van der Waals surface area contributed by atoms with Crippen LogP contribution in [-0.4, -0.2) is 19.7 Å². The van der Waals surface area contributed by atoms with Crippen LogP contribution in [-0.2, 0) is 14.4 Å². The normalized spacial score (nSPS) is 21.3. The lowest BCUT2D eigenvalue weighted by atomic mass is 9.94. The number of ether oxygens (including phenoxy) is 1. The Morgan fingerprint density at radius 1 is 1.10 bits per heavy atom. The molecule has 4 heteroatoms. The first-order valence-corrected chi connectivity index (χ1v) is 6.91. The molecule has 1 aliphatic heterocycles. The summed E-state index contributed by atoms with van der Waals surface area (Å²) in [7, 11) is 1.41. The van der Waals surface area contributed by atoms with Crippen LogP contribution in [0.2, 0.25) is 0 Å². The van der Waals surface area contributed by atoms with E-state index in [2.05, 4.69) is 0 Å². The molecule has 1 saturated heterocycles. The molecule has 0 N–H and O–H groups in total. The zero-order chi connectivity index (χ0) is 14.7. The summed E-state index contributed by atoms with van der Waals surface area (Å²) < 4.78 is 4.92. The van der Waals surface area contributed by atoms with Crippen LogP contribution < -0.4 is 5.06 Å². The second kappa shape index (κ2) is 5.97. The van der Waals surface area contributed by atoms with Gasteiger partial charge in [-0.05, 0) is 17.7 Å². The number of para-hydroxylation sites is 1. The van der Waals surface area contributed by atoms with Crippen LogP contribution in [0.5, 0.6) is 0 Å². The summed E-state index contributed by atoms with van der Waals surface area (Å²) in [5.74, 6) is -0.583. The lowest BCUT2D eigenvalue weighted by Gasteiger charge is -2.26. The number of carbonyl (C=O) groups is 1. The van der Waals surface area contributed by atoms with Crippen molar-refractivity contribution >= 4 is 11.7 Å². The van der Waals surface area contributed by atoms with Gasteiger partial charge >= 0.3 is 5.97 Å². The highest BCUT2D eigenvalue weighted by Gasteiger charge is 2.42. The number of carbonyl (C=O) groups excluding carboxylic acids is 1. The molecular weight excluding hydrogens is 266 g/mol. The van der Waals surface area contributed by atoms with Gasteiger partial charge in [-0.2, -0.15) is 0 Å². The fraction of sp³-hybridized carbons (Fsp3) is 0.235. The predicted molar refractivity (Wildman–Crippen MR) is 79.6 cm³/mol. The van der Waals surface area contributed by atoms with Crippen LogP contribution in [0, 0.1) is 5.92 Å². The van der Waals surface area contributed by atoms with E-state index in [-0.39, 0.29) is 17.9 Å². The number of methoxy groups -OCH3 is 1. The number of benzene rings is 2. The quantitative estimate of drug-likeness (QED) is 0.812. The van der Waals surface area contributed by atoms with Crippen LogP contribution >= 0.6 is 0 Å². The number of anilines is 1. The SMILES string of the molecule is COC(=O)[C@H]1CON(c2ccccc2)[C@H]1c1ccccc1. The zero-order valence-electron chi connectivity index (χ0n) is 11.8. The van der Waals surface area contributed by atoms with E-state index in [9.17, 15) is 4.79 Å². The van der Waals surface area contributed by atoms with E-state index in [0.29, 0.717) is 6.61 Å². The van der Waals surface area contributed by atoms with Crippen LogP contribution in [0.3, 0.4) is 0 Å². The third kappa shape index (κ3) is 2.62. The van der Waals surface area contributed by atoms with Crippen molar-refractivity contribution in [3.63, 3.8) is 0 Å². The maximum absolute atomic E-state index is 12.0. The van der Waals surface area contributed by atoms with Crippen molar-refractivity contribution in [2.45, 2.75) is 6.04 Å². The van der Waals surface area contributed by atoms with Gasteiger partial charge in [-0.15, -0.1) is 0 Å². The van der Waals surface area contributed by atoms with Crippen molar-refractivity contribution in [2.75, 3.05) is 18.8 Å². The summed E-state index contributed by atoms with van der Waals surface area (Å²) in [6.07, 6.45) is 0. The van der Waals surface area contributed by atoms with Gasteiger partial charge in [0.05, 0.1) is 25.4 Å². The van der Waals surface area contributed by atoms with Gasteiger partial charge in [0.15, 0.2) is 0 Å². The first-order valence-electron chi connectivity index (χ1n) is 6.91. The minimum absolute atomic E-state index is 0.180. The second-order valence-electron chi connectivity index (χ2n) is 4.94. The third-order valence-corrected chi connectivity index (χ3v) is 3.68. The molecule has 0 amide bonds. The highest BCUT2D eigenvalue weighted by atomic mass is 16.7. The Kier molecular flexibility index (Phi) is 3.88. The van der Waals surface area contributed by atoms with Gasteiger partial charge in [-0.1, -0.05) is 48.5 Å². The van der Waals surface area contributed by atoms with Gasteiger partial charge in [0.25, 0.3) is 0 Å². The lowest BCUT2D eigenvalue weighted by Crippen LogP contribution is -2.28. The largest absolute Gasteiger partial charge is 0.469 e. The molecule has 1 fully saturated rings. The van der Waals surface area contributed by atoms with Gasteiger partial charge in [0, 0.05) is 0 Å². The molecule has 0 radical (unpaired) electrons. The predicted octanol–water partition coefficient (Wildman–Crippen LogP) is 2.97. The maximum Gasteiger partial charge on any atom is 0.313 e. The minimum Gasteiger partial charge on any atom is -0.469 e. The number of hydroxylamine groups is 1. The molecule has 1 heterocycles. The number of rotatable bonds is 3. The Bertz CT molecular complexity index is 600. The Morgan fingerprint density at radius 3 is 2.33 bits per heavy atom. The first-order chi connectivity index (χ1) is 10.3. The van der Waals surface area contributed by atoms with Crippen LogP contribution in [0.25, 0.3) is 0 Å². The standard InChI is InChI=1S/C17H17NO3/c1-20-17(19)15-12-21-18(14-10-6-3-7-11-14)16(15)13-8-4-2-5-9-13/h2-11,15-16H,12H2,1H3/t15-,16-/m0/s1. The molecule has 2 atom stereocenters. The summed E-state index contributed by atoms with van der Waals surface area (Å²) in [6, 6.07) is 19.5. The summed E-state index contributed by atoms with van der Waals surface area (Å²) in [5, 5.41) is 1.80. The van der Waals surface area contributed by atoms with Crippen molar-refractivity contribution in [1.29, 1.82) is 0 Å². The molecule has 0 spiro atoms. The molecule has 21 heavy (non-hydrogen) atoms. The van der Waals surface area contributed by atoms with Crippen molar-refractivity contribution in [2.24, 2.45) is 5.92 Å². The molecule has 2 aromatic rings. The smallest absolute Gasteiger partial charge is 0.313 e. The minimum atomic E-state index is -0.336. The molecule has 4 nitrogen and oxygen atoms in total. The van der Waals surface area contributed by atoms with E-state index < -0.39 is 0 Å². The van der Waals surface area contributed by atoms with E-state index in [4.69, 9.17) is 9.57 Å². The molecule has 0 aromatic heterocycles. The first kappa shape index (κ1) is 13.6. The number of nitrogens with zero attached hydrogens (tertiary/aromatic N) is 1. The molecule has 0 unspecified atom stereocenters. The molecule has 2 aromatic carbocycles. The van der Waals surface area contributed by atoms with Crippen LogP contribution in [0.15, 0.2) is 60.7 Å². The van der Waals surface area contributed by atoms with Crippen molar-refractivity contribution in [1.82, 2.24) is 0 Å². The number of esters is 1. The van der Waals surface area contributed by atoms with Crippen molar-refractivity contribution in [3.8, 4) is 0 Å². The fourth-order valence-corrected chi connectivity index (χ4v) is 2.67. The molecule has 108 valence electrons. The number of hydrogen-bond acceptors (Lipinski definition) is 4. The van der Waals surface area contributed by atoms with Gasteiger partial charge in [-0.3, -0.25) is 9.63 Å². The summed E-state index contributed by atoms with van der Waals surface area (Å²) in [5.41, 5.74) is 1.96. The average molecular weight is 283 g/mol. The Hall–Kier alpha value is -2.33. The van der Waals surface area contributed by atoms with Gasteiger partial charge in [0.2, 0.25) is 0 Å². The van der Waals surface area contributed by atoms with Gasteiger partial charge < -0.3 is 4.74 Å². The van der Waals surface area contributed by atoms with Gasteiger partial charge in [0.1, 0.15) is 5.92 Å². The van der Waals surface area contributed by atoms with Crippen molar-refractivity contribution in [3.05, 3.63) is 66.2 Å². The van der Waals surface area contributed by atoms with Gasteiger partial charge in [-0.25, -0.2) is 5.06 Å². The Morgan fingerprint density at radius 2 is 1.71 bits per heavy atom. The summed E-state index contributed by atoms with van der Waals surface area (Å²) in [6.45, 7) is 0.321. The molecule has 0 bridgehead atoms. The average Bonchev–Trinajstić information content (AvgIpc) is 3.00. The number of hydrogen-bond donors (Lipinski definition) is 0. The molecule has 3 rings (SSSR count). The second-order valence-corrected chi connectivity index (χ2v) is 4.94. The third-order valence-electron chi connectivity index (χ3n) is 3.68. The monoisotopic (exact) mass is 283 g/mol. The van der Waals surface area contributed by atoms with Crippen LogP contribution in [0.4, 0.5) is 5.69 Å². The summed E-state index contributed by atoms with van der Waals surface area (Å²) in [4.78, 5) is 17.8. The highest BCUT2D eigenvalue weighted by molar-refractivity contribution is 5.75. The zero-order valence-corrected chi connectivity index (χ0v) is 11.8. The summed E-state index contributed by atoms with van der Waals surface area (Å²) >= 11 is 0. The molecule has 0 saturated carbocycles. The topological polar surface area (TPSA) is 38.8 Å². The highest BCUT2D eigenvalue weighted by Crippen LogP contribution is 2.39. The molecule has 0 aliphatic carbocycles. The fourth-order valence-electron chi connectivity index (χ4n) is 2.67. The van der Waals surface area contributed by atoms with E-state index in [1.165, 1.54) is 7.11 Å². The maximum atomic E-state index is 12.0. The van der Waals surface area contributed by atoms with Crippen LogP contribution in [0.1, 0.15) is 11.6 Å². The Labute approximate surface area is 123 Å². The van der Waals surface area contributed by atoms with E-state index in [1.54, 1.807) is 5.06 Å². The van der Waals surface area contributed by atoms with E-state index in [1.807, 2.05) is 60.7 Å². The van der Waals surface area contributed by atoms with Crippen molar-refractivity contribution < 1.29 is 14.4 Å². The van der Waals surface area contributed by atoms with E-state index in [0.717, 1.165) is 11.3 Å². The lowest BCUT2D eigenvalue weighted by molar-refractivity contribution is -0.145. The Balaban J connectivity index is 1.99. The van der Waals surface area contributed by atoms with E-state index >= 15 is 0 Å². The molecule has 1 aliphatic rings.